The first-order chi connectivity index (χ1) is 15.5. The number of furan rings is 1. The SMILES string of the molecule is O=C1/C(=C/c2ccc(-c3ccc(S(=O)(=O)N4CCOCC4)cc3)o2)COc2ccccc21. The van der Waals surface area contributed by atoms with Crippen LogP contribution in [0.2, 0.25) is 0 Å². The number of nitrogens with zero attached hydrogens (tertiary/aromatic N) is 1. The molecule has 5 rings (SSSR count). The van der Waals surface area contributed by atoms with Crippen LogP contribution in [-0.4, -0.2) is 51.4 Å². The van der Waals surface area contributed by atoms with E-state index in [0.29, 0.717) is 54.7 Å². The van der Waals surface area contributed by atoms with Gasteiger partial charge in [-0.15, -0.1) is 0 Å². The number of hydrogen-bond acceptors (Lipinski definition) is 6. The summed E-state index contributed by atoms with van der Waals surface area (Å²) in [6.45, 7) is 1.70. The molecule has 2 aliphatic heterocycles. The molecule has 7 nitrogen and oxygen atoms in total. The van der Waals surface area contributed by atoms with Crippen molar-refractivity contribution in [3.05, 3.63) is 77.6 Å². The summed E-state index contributed by atoms with van der Waals surface area (Å²) in [5, 5.41) is 0. The van der Waals surface area contributed by atoms with Crippen LogP contribution in [0.4, 0.5) is 0 Å². The van der Waals surface area contributed by atoms with Crippen LogP contribution in [-0.2, 0) is 14.8 Å². The van der Waals surface area contributed by atoms with Crippen molar-refractivity contribution in [1.29, 1.82) is 0 Å². The van der Waals surface area contributed by atoms with Gasteiger partial charge in [0.1, 0.15) is 23.9 Å². The Bertz CT molecular complexity index is 1280. The number of ketones is 1. The predicted molar refractivity (Wildman–Crippen MR) is 118 cm³/mol. The Morgan fingerprint density at radius 2 is 1.66 bits per heavy atom. The zero-order valence-corrected chi connectivity index (χ0v) is 18.0. The highest BCUT2D eigenvalue weighted by molar-refractivity contribution is 7.89. The van der Waals surface area contributed by atoms with Crippen LogP contribution >= 0.6 is 0 Å². The summed E-state index contributed by atoms with van der Waals surface area (Å²) >= 11 is 0. The number of benzene rings is 2. The van der Waals surface area contributed by atoms with E-state index in [9.17, 15) is 13.2 Å². The fraction of sp³-hybridized carbons (Fsp3) is 0.208. The summed E-state index contributed by atoms with van der Waals surface area (Å²) in [5.41, 5.74) is 1.79. The summed E-state index contributed by atoms with van der Waals surface area (Å²) in [4.78, 5) is 12.9. The Balaban J connectivity index is 1.35. The van der Waals surface area contributed by atoms with Gasteiger partial charge < -0.3 is 13.9 Å². The Morgan fingerprint density at radius 1 is 0.906 bits per heavy atom. The van der Waals surface area contributed by atoms with E-state index in [-0.39, 0.29) is 17.3 Å². The van der Waals surface area contributed by atoms with E-state index in [1.54, 1.807) is 60.7 Å². The minimum Gasteiger partial charge on any atom is -0.488 e. The van der Waals surface area contributed by atoms with Crippen molar-refractivity contribution in [2.24, 2.45) is 0 Å². The number of rotatable bonds is 4. The number of ether oxygens (including phenoxy) is 2. The van der Waals surface area contributed by atoms with E-state index in [2.05, 4.69) is 0 Å². The number of para-hydroxylation sites is 1. The third-order valence-corrected chi connectivity index (χ3v) is 7.41. The van der Waals surface area contributed by atoms with Crippen molar-refractivity contribution in [3.8, 4) is 17.1 Å². The van der Waals surface area contributed by atoms with E-state index >= 15 is 0 Å². The lowest BCUT2D eigenvalue weighted by Gasteiger charge is -2.26. The van der Waals surface area contributed by atoms with Crippen molar-refractivity contribution in [2.75, 3.05) is 32.9 Å². The van der Waals surface area contributed by atoms with Crippen LogP contribution in [0, 0.1) is 0 Å². The molecule has 0 aliphatic carbocycles. The lowest BCUT2D eigenvalue weighted by Crippen LogP contribution is -2.40. The minimum atomic E-state index is -3.54. The summed E-state index contributed by atoms with van der Waals surface area (Å²) in [5.74, 6) is 1.61. The molecule has 1 aromatic heterocycles. The summed E-state index contributed by atoms with van der Waals surface area (Å²) in [6.07, 6.45) is 1.68. The van der Waals surface area contributed by atoms with E-state index in [1.165, 1.54) is 4.31 Å². The molecule has 0 unspecified atom stereocenters. The van der Waals surface area contributed by atoms with Gasteiger partial charge >= 0.3 is 0 Å². The van der Waals surface area contributed by atoms with Gasteiger partial charge in [0.15, 0.2) is 5.78 Å². The van der Waals surface area contributed by atoms with Crippen LogP contribution in [0.1, 0.15) is 16.1 Å². The lowest BCUT2D eigenvalue weighted by atomic mass is 10.00. The average Bonchev–Trinajstić information content (AvgIpc) is 3.30. The maximum absolute atomic E-state index is 12.8. The van der Waals surface area contributed by atoms with E-state index in [4.69, 9.17) is 13.9 Å². The highest BCUT2D eigenvalue weighted by Gasteiger charge is 2.26. The monoisotopic (exact) mass is 451 g/mol. The molecule has 1 saturated heterocycles. The van der Waals surface area contributed by atoms with Crippen LogP contribution < -0.4 is 4.74 Å². The number of carbonyl (C=O) groups is 1. The Morgan fingerprint density at radius 3 is 2.44 bits per heavy atom. The minimum absolute atomic E-state index is 0.0810. The molecule has 0 N–H and O–H groups in total. The molecule has 0 spiro atoms. The Hall–Kier alpha value is -3.20. The zero-order valence-electron chi connectivity index (χ0n) is 17.2. The summed E-state index contributed by atoms with van der Waals surface area (Å²) in [6, 6.07) is 17.3. The van der Waals surface area contributed by atoms with Crippen molar-refractivity contribution in [2.45, 2.75) is 4.90 Å². The molecule has 0 amide bonds. The van der Waals surface area contributed by atoms with Crippen LogP contribution in [0.3, 0.4) is 0 Å². The third kappa shape index (κ3) is 3.88. The zero-order chi connectivity index (χ0) is 22.1. The molecule has 0 radical (unpaired) electrons. The normalized spacial score (nSPS) is 18.4. The van der Waals surface area contributed by atoms with Gasteiger partial charge in [0.05, 0.1) is 23.7 Å². The van der Waals surface area contributed by atoms with Crippen LogP contribution in [0.25, 0.3) is 17.4 Å². The highest BCUT2D eigenvalue weighted by atomic mass is 32.2. The molecule has 3 aromatic rings. The quantitative estimate of drug-likeness (QED) is 0.563. The lowest BCUT2D eigenvalue weighted by molar-refractivity contribution is 0.0730. The molecular formula is C24H21NO6S. The Labute approximate surface area is 185 Å². The molecule has 8 heteroatoms. The van der Waals surface area contributed by atoms with Gasteiger partial charge in [-0.3, -0.25) is 4.79 Å². The van der Waals surface area contributed by atoms with Crippen LogP contribution in [0.5, 0.6) is 5.75 Å². The number of sulfonamides is 1. The van der Waals surface area contributed by atoms with E-state index in [0.717, 1.165) is 5.56 Å². The van der Waals surface area contributed by atoms with Crippen molar-refractivity contribution in [1.82, 2.24) is 4.31 Å². The van der Waals surface area contributed by atoms with Crippen molar-refractivity contribution in [3.63, 3.8) is 0 Å². The summed E-state index contributed by atoms with van der Waals surface area (Å²) < 4.78 is 43.8. The maximum atomic E-state index is 12.8. The number of Topliss-reactive ketones (excluding diaryl/α,β-unsaturated/α-hetero) is 1. The van der Waals surface area contributed by atoms with E-state index < -0.39 is 10.0 Å². The fourth-order valence-corrected chi connectivity index (χ4v) is 5.17. The number of carbonyl (C=O) groups excluding carboxylic acids is 1. The van der Waals surface area contributed by atoms with Crippen LogP contribution in [0.15, 0.2) is 75.5 Å². The molecule has 0 atom stereocenters. The molecule has 2 aromatic carbocycles. The Kier molecular flexibility index (Phi) is 5.42. The van der Waals surface area contributed by atoms with Gasteiger partial charge in [0.2, 0.25) is 10.0 Å². The molecule has 3 heterocycles. The standard InChI is InChI=1S/C24H21NO6S/c26-24-18(16-30-23-4-2-1-3-21(23)24)15-19-7-10-22(31-19)17-5-8-20(9-6-17)32(27,28)25-11-13-29-14-12-25/h1-10,15H,11-14,16H2/b18-15+. The second kappa shape index (κ2) is 8.38. The van der Waals surface area contributed by atoms with Crippen molar-refractivity contribution < 1.29 is 27.1 Å². The van der Waals surface area contributed by atoms with Gasteiger partial charge in [-0.25, -0.2) is 8.42 Å². The largest absolute Gasteiger partial charge is 0.488 e. The van der Waals surface area contributed by atoms with Gasteiger partial charge in [-0.05, 0) is 54.6 Å². The number of morpholine rings is 1. The highest BCUT2D eigenvalue weighted by Crippen LogP contribution is 2.30. The summed E-state index contributed by atoms with van der Waals surface area (Å²) in [7, 11) is -3.54. The molecule has 0 saturated carbocycles. The van der Waals surface area contributed by atoms with E-state index in [1.807, 2.05) is 6.07 Å². The second-order valence-electron chi connectivity index (χ2n) is 7.53. The van der Waals surface area contributed by atoms with Gasteiger partial charge in [0, 0.05) is 24.2 Å². The first kappa shape index (κ1) is 20.7. The van der Waals surface area contributed by atoms with Crippen molar-refractivity contribution >= 4 is 21.9 Å². The second-order valence-corrected chi connectivity index (χ2v) is 9.46. The van der Waals surface area contributed by atoms with Gasteiger partial charge in [-0.2, -0.15) is 4.31 Å². The third-order valence-electron chi connectivity index (χ3n) is 5.50. The predicted octanol–water partition coefficient (Wildman–Crippen LogP) is 3.63. The molecule has 32 heavy (non-hydrogen) atoms. The smallest absolute Gasteiger partial charge is 0.243 e. The molecule has 164 valence electrons. The fourth-order valence-electron chi connectivity index (χ4n) is 3.77. The van der Waals surface area contributed by atoms with Gasteiger partial charge in [-0.1, -0.05) is 12.1 Å². The molecular weight excluding hydrogens is 430 g/mol. The average molecular weight is 452 g/mol. The first-order valence-corrected chi connectivity index (χ1v) is 11.7. The number of hydrogen-bond donors (Lipinski definition) is 0. The number of fused-ring (bicyclic) bond motifs is 1. The topological polar surface area (TPSA) is 86.1 Å². The molecule has 0 bridgehead atoms. The van der Waals surface area contributed by atoms with Gasteiger partial charge in [0.25, 0.3) is 0 Å². The maximum Gasteiger partial charge on any atom is 0.243 e. The molecule has 2 aliphatic rings. The molecule has 1 fully saturated rings. The first-order valence-electron chi connectivity index (χ1n) is 10.3.